The van der Waals surface area contributed by atoms with Crippen molar-refractivity contribution in [1.82, 2.24) is 0 Å². The average molecular weight is 298 g/mol. The molecule has 0 spiro atoms. The second kappa shape index (κ2) is 6.81. The molecule has 0 aliphatic heterocycles. The van der Waals surface area contributed by atoms with Gasteiger partial charge in [-0.2, -0.15) is 0 Å². The molecule has 1 aliphatic carbocycles. The quantitative estimate of drug-likeness (QED) is 0.325. The van der Waals surface area contributed by atoms with Crippen molar-refractivity contribution in [3.63, 3.8) is 0 Å². The minimum Gasteiger partial charge on any atom is -0.409 e. The van der Waals surface area contributed by atoms with E-state index in [-0.39, 0.29) is 12.4 Å². The summed E-state index contributed by atoms with van der Waals surface area (Å²) in [7, 11) is 0. The predicted molar refractivity (Wildman–Crippen MR) is 80.7 cm³/mol. The van der Waals surface area contributed by atoms with Crippen molar-refractivity contribution in [2.75, 3.05) is 18.1 Å². The van der Waals surface area contributed by atoms with Crippen LogP contribution in [-0.4, -0.2) is 35.3 Å². The second-order valence-electron chi connectivity index (χ2n) is 5.00. The van der Waals surface area contributed by atoms with Crippen molar-refractivity contribution in [1.29, 1.82) is 0 Å². The first-order chi connectivity index (χ1) is 9.67. The van der Waals surface area contributed by atoms with Crippen LogP contribution in [0.3, 0.4) is 0 Å². The largest absolute Gasteiger partial charge is 0.409 e. The highest BCUT2D eigenvalue weighted by Gasteiger charge is 2.27. The molecular formula is C14H20ClN3O2. The molecule has 110 valence electrons. The molecule has 4 N–H and O–H groups in total. The Morgan fingerprint density at radius 2 is 2.20 bits per heavy atom. The van der Waals surface area contributed by atoms with Gasteiger partial charge in [0.05, 0.1) is 0 Å². The summed E-state index contributed by atoms with van der Waals surface area (Å²) in [5, 5.41) is 21.7. The summed E-state index contributed by atoms with van der Waals surface area (Å²) >= 11 is 6.09. The molecule has 6 heteroatoms. The summed E-state index contributed by atoms with van der Waals surface area (Å²) in [6, 6.07) is 5.76. The Hall–Kier alpha value is -1.46. The molecule has 0 bridgehead atoms. The highest BCUT2D eigenvalue weighted by molar-refractivity contribution is 6.31. The van der Waals surface area contributed by atoms with E-state index in [0.29, 0.717) is 23.0 Å². The van der Waals surface area contributed by atoms with Crippen LogP contribution in [0.15, 0.2) is 23.4 Å². The third kappa shape index (κ3) is 3.16. The first-order valence-corrected chi connectivity index (χ1v) is 7.20. The van der Waals surface area contributed by atoms with Crippen LogP contribution in [0.2, 0.25) is 5.02 Å². The maximum atomic E-state index is 9.07. The van der Waals surface area contributed by atoms with E-state index in [2.05, 4.69) is 10.1 Å². The number of oxime groups is 1. The Labute approximate surface area is 123 Å². The predicted octanol–water partition coefficient (Wildman–Crippen LogP) is 2.18. The summed E-state index contributed by atoms with van der Waals surface area (Å²) < 4.78 is 0. The van der Waals surface area contributed by atoms with Crippen LogP contribution in [0.1, 0.15) is 31.2 Å². The third-order valence-corrected chi connectivity index (χ3v) is 3.96. The van der Waals surface area contributed by atoms with Gasteiger partial charge < -0.3 is 20.9 Å². The van der Waals surface area contributed by atoms with Gasteiger partial charge in [0.25, 0.3) is 0 Å². The Bertz CT molecular complexity index is 489. The maximum absolute atomic E-state index is 9.07. The van der Waals surface area contributed by atoms with Gasteiger partial charge in [-0.3, -0.25) is 0 Å². The van der Waals surface area contributed by atoms with Crippen LogP contribution >= 0.6 is 11.6 Å². The molecule has 1 aromatic rings. The van der Waals surface area contributed by atoms with E-state index in [1.807, 2.05) is 6.07 Å². The van der Waals surface area contributed by atoms with Crippen LogP contribution in [0, 0.1) is 0 Å². The topological polar surface area (TPSA) is 82.1 Å². The number of hydrogen-bond acceptors (Lipinski definition) is 4. The van der Waals surface area contributed by atoms with E-state index >= 15 is 0 Å². The summed E-state index contributed by atoms with van der Waals surface area (Å²) in [6.45, 7) is 0.871. The summed E-state index contributed by atoms with van der Waals surface area (Å²) in [5.41, 5.74) is 7.29. The Kier molecular flexibility index (Phi) is 5.09. The molecule has 0 amide bonds. The van der Waals surface area contributed by atoms with Gasteiger partial charge in [0.2, 0.25) is 0 Å². The van der Waals surface area contributed by atoms with Gasteiger partial charge >= 0.3 is 0 Å². The number of aliphatic hydroxyl groups is 1. The summed E-state index contributed by atoms with van der Waals surface area (Å²) in [5.74, 6) is 0.0741. The number of halogens is 1. The Balaban J connectivity index is 2.37. The van der Waals surface area contributed by atoms with Crippen molar-refractivity contribution >= 4 is 23.1 Å². The standard InChI is InChI=1S/C14H20ClN3O2/c15-10-5-6-12(14(16)17-20)13(9-10)18(7-2-8-19)11-3-1-4-11/h5-6,9,11,19-20H,1-4,7-8H2,(H2,16,17). The highest BCUT2D eigenvalue weighted by atomic mass is 35.5. The van der Waals surface area contributed by atoms with Crippen LogP contribution in [0.4, 0.5) is 5.69 Å². The molecule has 0 atom stereocenters. The van der Waals surface area contributed by atoms with Gasteiger partial charge in [-0.1, -0.05) is 16.8 Å². The van der Waals surface area contributed by atoms with Crippen molar-refractivity contribution in [2.24, 2.45) is 10.9 Å². The molecule has 1 aliphatic rings. The van der Waals surface area contributed by atoms with Gasteiger partial charge in [0, 0.05) is 35.5 Å². The van der Waals surface area contributed by atoms with E-state index in [9.17, 15) is 0 Å². The number of rotatable bonds is 6. The molecule has 1 aromatic carbocycles. The SMILES string of the molecule is N/C(=N/O)c1ccc(Cl)cc1N(CCCO)C1CCC1. The third-order valence-electron chi connectivity index (χ3n) is 3.73. The average Bonchev–Trinajstić information content (AvgIpc) is 2.40. The van der Waals surface area contributed by atoms with Crippen LogP contribution in [0.25, 0.3) is 0 Å². The molecule has 20 heavy (non-hydrogen) atoms. The van der Waals surface area contributed by atoms with Gasteiger partial charge in [-0.25, -0.2) is 0 Å². The minimum absolute atomic E-state index is 0.0741. The lowest BCUT2D eigenvalue weighted by Gasteiger charge is -2.40. The van der Waals surface area contributed by atoms with Crippen molar-refractivity contribution in [3.8, 4) is 0 Å². The molecule has 1 saturated carbocycles. The zero-order valence-electron chi connectivity index (χ0n) is 11.3. The fourth-order valence-electron chi connectivity index (χ4n) is 2.45. The molecule has 0 heterocycles. The van der Waals surface area contributed by atoms with E-state index < -0.39 is 0 Å². The zero-order valence-corrected chi connectivity index (χ0v) is 12.1. The van der Waals surface area contributed by atoms with Gasteiger partial charge in [-0.05, 0) is 43.9 Å². The molecule has 2 rings (SSSR count). The molecule has 0 saturated heterocycles. The number of hydrogen-bond donors (Lipinski definition) is 3. The van der Waals surface area contributed by atoms with Crippen LogP contribution in [-0.2, 0) is 0 Å². The lowest BCUT2D eigenvalue weighted by molar-refractivity contribution is 0.283. The van der Waals surface area contributed by atoms with Crippen molar-refractivity contribution in [2.45, 2.75) is 31.7 Å². The normalized spacial score (nSPS) is 16.0. The fraction of sp³-hybridized carbons (Fsp3) is 0.500. The van der Waals surface area contributed by atoms with Gasteiger partial charge in [0.15, 0.2) is 5.84 Å². The van der Waals surface area contributed by atoms with E-state index in [0.717, 1.165) is 25.1 Å². The molecular weight excluding hydrogens is 278 g/mol. The lowest BCUT2D eigenvalue weighted by Crippen LogP contribution is -2.42. The molecule has 0 radical (unpaired) electrons. The van der Waals surface area contributed by atoms with Gasteiger partial charge in [0.1, 0.15) is 0 Å². The number of benzene rings is 1. The Morgan fingerprint density at radius 1 is 1.45 bits per heavy atom. The second-order valence-corrected chi connectivity index (χ2v) is 5.44. The smallest absolute Gasteiger partial charge is 0.172 e. The van der Waals surface area contributed by atoms with Gasteiger partial charge in [-0.15, -0.1) is 0 Å². The number of nitrogens with zero attached hydrogens (tertiary/aromatic N) is 2. The maximum Gasteiger partial charge on any atom is 0.172 e. The first-order valence-electron chi connectivity index (χ1n) is 6.82. The van der Waals surface area contributed by atoms with E-state index in [1.165, 1.54) is 6.42 Å². The monoisotopic (exact) mass is 297 g/mol. The van der Waals surface area contributed by atoms with Crippen molar-refractivity contribution in [3.05, 3.63) is 28.8 Å². The number of amidine groups is 1. The van der Waals surface area contributed by atoms with E-state index in [1.54, 1.807) is 12.1 Å². The van der Waals surface area contributed by atoms with E-state index in [4.69, 9.17) is 27.6 Å². The van der Waals surface area contributed by atoms with Crippen LogP contribution in [0.5, 0.6) is 0 Å². The number of anilines is 1. The molecule has 1 fully saturated rings. The minimum atomic E-state index is 0.0741. The number of aliphatic hydroxyl groups excluding tert-OH is 1. The summed E-state index contributed by atoms with van der Waals surface area (Å²) in [4.78, 5) is 2.21. The highest BCUT2D eigenvalue weighted by Crippen LogP contribution is 2.33. The zero-order chi connectivity index (χ0) is 14.5. The molecule has 0 aromatic heterocycles. The number of nitrogens with two attached hydrogens (primary N) is 1. The van der Waals surface area contributed by atoms with Crippen molar-refractivity contribution < 1.29 is 10.3 Å². The lowest BCUT2D eigenvalue weighted by atomic mass is 9.90. The molecule has 0 unspecified atom stereocenters. The Morgan fingerprint density at radius 3 is 2.75 bits per heavy atom. The fourth-order valence-corrected chi connectivity index (χ4v) is 2.62. The first kappa shape index (κ1) is 14.9. The molecule has 5 nitrogen and oxygen atoms in total. The van der Waals surface area contributed by atoms with Crippen LogP contribution < -0.4 is 10.6 Å². The summed E-state index contributed by atoms with van der Waals surface area (Å²) in [6.07, 6.45) is 4.12.